The summed E-state index contributed by atoms with van der Waals surface area (Å²) in [4.78, 5) is 11.9. The molecule has 6 heteroatoms. The van der Waals surface area contributed by atoms with Gasteiger partial charge in [0.1, 0.15) is 5.75 Å². The third-order valence-electron chi connectivity index (χ3n) is 3.67. The lowest BCUT2D eigenvalue weighted by Gasteiger charge is -2.13. The highest BCUT2D eigenvalue weighted by Gasteiger charge is 2.09. The number of aromatic amines is 1. The summed E-state index contributed by atoms with van der Waals surface area (Å²) in [6.07, 6.45) is 0. The van der Waals surface area contributed by atoms with Crippen LogP contribution in [0.4, 0.5) is 0 Å². The summed E-state index contributed by atoms with van der Waals surface area (Å²) in [5.74, 6) is 0.609. The molecule has 0 aliphatic carbocycles. The molecule has 1 heterocycles. The van der Waals surface area contributed by atoms with Crippen LogP contribution in [-0.2, 0) is 22.7 Å². The maximum atomic E-state index is 11.9. The summed E-state index contributed by atoms with van der Waals surface area (Å²) in [6.45, 7) is 6.81. The van der Waals surface area contributed by atoms with Gasteiger partial charge in [0.05, 0.1) is 24.5 Å². The number of aryl methyl sites for hydroxylation is 2. The molecular formula is C17H23N3O3. The maximum absolute atomic E-state index is 11.9. The van der Waals surface area contributed by atoms with Gasteiger partial charge in [-0.15, -0.1) is 0 Å². The molecule has 124 valence electrons. The molecule has 2 N–H and O–H groups in total. The van der Waals surface area contributed by atoms with E-state index in [1.165, 1.54) is 0 Å². The van der Waals surface area contributed by atoms with Crippen LogP contribution in [0.5, 0.6) is 5.75 Å². The van der Waals surface area contributed by atoms with Crippen LogP contribution >= 0.6 is 0 Å². The molecule has 23 heavy (non-hydrogen) atoms. The number of hydrogen-bond donors (Lipinski definition) is 2. The number of H-pyrrole nitrogens is 1. The minimum atomic E-state index is -0.173. The van der Waals surface area contributed by atoms with Gasteiger partial charge in [0, 0.05) is 7.11 Å². The second-order valence-corrected chi connectivity index (χ2v) is 5.54. The van der Waals surface area contributed by atoms with Crippen LogP contribution in [0.2, 0.25) is 0 Å². The lowest BCUT2D eigenvalue weighted by Crippen LogP contribution is -2.28. The fraction of sp³-hybridized carbons (Fsp3) is 0.412. The first-order chi connectivity index (χ1) is 11.0. The lowest BCUT2D eigenvalue weighted by molar-refractivity contribution is -0.123. The molecule has 0 aliphatic rings. The molecule has 2 rings (SSSR count). The SMILES string of the molecule is COCc1cc(CNC(=O)COc2c(C)ccc(C)c2C)[nH]n1. The van der Waals surface area contributed by atoms with Crippen LogP contribution in [0.3, 0.4) is 0 Å². The predicted molar refractivity (Wildman–Crippen MR) is 87.3 cm³/mol. The third-order valence-corrected chi connectivity index (χ3v) is 3.67. The summed E-state index contributed by atoms with van der Waals surface area (Å²) in [5.41, 5.74) is 4.87. The average Bonchev–Trinajstić information content (AvgIpc) is 2.97. The van der Waals surface area contributed by atoms with Gasteiger partial charge in [-0.25, -0.2) is 0 Å². The van der Waals surface area contributed by atoms with Crippen LogP contribution in [-0.4, -0.2) is 29.8 Å². The normalized spacial score (nSPS) is 10.6. The van der Waals surface area contributed by atoms with Crippen molar-refractivity contribution in [1.82, 2.24) is 15.5 Å². The van der Waals surface area contributed by atoms with Crippen molar-refractivity contribution in [2.75, 3.05) is 13.7 Å². The van der Waals surface area contributed by atoms with E-state index in [4.69, 9.17) is 9.47 Å². The van der Waals surface area contributed by atoms with Crippen molar-refractivity contribution in [3.05, 3.63) is 46.3 Å². The van der Waals surface area contributed by atoms with Gasteiger partial charge in [-0.3, -0.25) is 9.89 Å². The number of benzene rings is 1. The molecule has 6 nitrogen and oxygen atoms in total. The van der Waals surface area contributed by atoms with Crippen LogP contribution in [0.15, 0.2) is 18.2 Å². The van der Waals surface area contributed by atoms with E-state index >= 15 is 0 Å². The number of rotatable bonds is 7. The molecule has 0 saturated heterocycles. The van der Waals surface area contributed by atoms with Crippen LogP contribution < -0.4 is 10.1 Å². The van der Waals surface area contributed by atoms with E-state index in [1.807, 2.05) is 39.0 Å². The molecule has 0 bridgehead atoms. The molecule has 0 radical (unpaired) electrons. The molecule has 0 spiro atoms. The van der Waals surface area contributed by atoms with E-state index < -0.39 is 0 Å². The fourth-order valence-electron chi connectivity index (χ4n) is 2.25. The first-order valence-electron chi connectivity index (χ1n) is 7.49. The monoisotopic (exact) mass is 317 g/mol. The lowest BCUT2D eigenvalue weighted by atomic mass is 10.1. The molecule has 0 atom stereocenters. The molecular weight excluding hydrogens is 294 g/mol. The van der Waals surface area contributed by atoms with Crippen molar-refractivity contribution in [2.45, 2.75) is 33.9 Å². The number of methoxy groups -OCH3 is 1. The molecule has 1 aromatic heterocycles. The number of aromatic nitrogens is 2. The molecule has 1 amide bonds. The Morgan fingerprint density at radius 3 is 2.74 bits per heavy atom. The average molecular weight is 317 g/mol. The quantitative estimate of drug-likeness (QED) is 0.820. The van der Waals surface area contributed by atoms with Gasteiger partial charge in [-0.05, 0) is 43.5 Å². The van der Waals surface area contributed by atoms with Crippen molar-refractivity contribution in [2.24, 2.45) is 0 Å². The predicted octanol–water partition coefficient (Wildman–Crippen LogP) is 2.18. The Hall–Kier alpha value is -2.34. The largest absolute Gasteiger partial charge is 0.483 e. The zero-order valence-electron chi connectivity index (χ0n) is 14.0. The second kappa shape index (κ2) is 7.78. The van der Waals surface area contributed by atoms with Crippen molar-refractivity contribution >= 4 is 5.91 Å². The first kappa shape index (κ1) is 17.0. The topological polar surface area (TPSA) is 76.2 Å². The smallest absolute Gasteiger partial charge is 0.258 e. The van der Waals surface area contributed by atoms with Crippen molar-refractivity contribution in [1.29, 1.82) is 0 Å². The van der Waals surface area contributed by atoms with Crippen LogP contribution in [0.1, 0.15) is 28.1 Å². The van der Waals surface area contributed by atoms with Crippen LogP contribution in [0, 0.1) is 20.8 Å². The Morgan fingerprint density at radius 1 is 1.26 bits per heavy atom. The number of carbonyl (C=O) groups is 1. The number of nitrogens with zero attached hydrogens (tertiary/aromatic N) is 1. The van der Waals surface area contributed by atoms with Crippen molar-refractivity contribution in [3.63, 3.8) is 0 Å². The van der Waals surface area contributed by atoms with E-state index in [0.29, 0.717) is 13.2 Å². The third kappa shape index (κ3) is 4.56. The van der Waals surface area contributed by atoms with Gasteiger partial charge < -0.3 is 14.8 Å². The van der Waals surface area contributed by atoms with E-state index in [2.05, 4.69) is 15.5 Å². The molecule has 0 unspecified atom stereocenters. The Morgan fingerprint density at radius 2 is 2.00 bits per heavy atom. The van der Waals surface area contributed by atoms with Crippen molar-refractivity contribution < 1.29 is 14.3 Å². The van der Waals surface area contributed by atoms with E-state index in [0.717, 1.165) is 33.8 Å². The van der Waals surface area contributed by atoms with Gasteiger partial charge in [-0.2, -0.15) is 5.10 Å². The van der Waals surface area contributed by atoms with Gasteiger partial charge in [0.2, 0.25) is 0 Å². The Bertz CT molecular complexity index is 680. The summed E-state index contributed by atoms with van der Waals surface area (Å²) in [7, 11) is 1.61. The summed E-state index contributed by atoms with van der Waals surface area (Å²) in [6, 6.07) is 5.91. The number of carbonyl (C=O) groups excluding carboxylic acids is 1. The van der Waals surface area contributed by atoms with Gasteiger partial charge in [0.15, 0.2) is 6.61 Å². The van der Waals surface area contributed by atoms with E-state index in [1.54, 1.807) is 7.11 Å². The number of hydrogen-bond acceptors (Lipinski definition) is 4. The van der Waals surface area contributed by atoms with Crippen molar-refractivity contribution in [3.8, 4) is 5.75 Å². The Kier molecular flexibility index (Phi) is 5.76. The number of nitrogens with one attached hydrogen (secondary N) is 2. The summed E-state index contributed by atoms with van der Waals surface area (Å²) >= 11 is 0. The highest BCUT2D eigenvalue weighted by atomic mass is 16.5. The number of amides is 1. The summed E-state index contributed by atoms with van der Waals surface area (Å²) < 4.78 is 10.7. The fourth-order valence-corrected chi connectivity index (χ4v) is 2.25. The van der Waals surface area contributed by atoms with Gasteiger partial charge in [-0.1, -0.05) is 12.1 Å². The summed E-state index contributed by atoms with van der Waals surface area (Å²) in [5, 5.41) is 9.74. The number of ether oxygens (including phenoxy) is 2. The molecule has 0 aliphatic heterocycles. The zero-order chi connectivity index (χ0) is 16.8. The molecule has 0 saturated carbocycles. The van der Waals surface area contributed by atoms with Gasteiger partial charge in [0.25, 0.3) is 5.91 Å². The molecule has 2 aromatic rings. The zero-order valence-corrected chi connectivity index (χ0v) is 14.0. The standard InChI is InChI=1S/C17H23N3O3/c1-11-5-6-12(2)17(13(11)3)23-10-16(21)18-8-14-7-15(9-22-4)20-19-14/h5-7H,8-10H2,1-4H3,(H,18,21)(H,19,20). The second-order valence-electron chi connectivity index (χ2n) is 5.54. The molecule has 0 fully saturated rings. The highest BCUT2D eigenvalue weighted by Crippen LogP contribution is 2.25. The maximum Gasteiger partial charge on any atom is 0.258 e. The first-order valence-corrected chi connectivity index (χ1v) is 7.49. The van der Waals surface area contributed by atoms with Crippen LogP contribution in [0.25, 0.3) is 0 Å². The molecule has 1 aromatic carbocycles. The minimum absolute atomic E-state index is 0.00972. The highest BCUT2D eigenvalue weighted by molar-refractivity contribution is 5.77. The van der Waals surface area contributed by atoms with Gasteiger partial charge >= 0.3 is 0 Å². The Labute approximate surface area is 136 Å². The van der Waals surface area contributed by atoms with E-state index in [-0.39, 0.29) is 12.5 Å². The Balaban J connectivity index is 1.84. The minimum Gasteiger partial charge on any atom is -0.483 e. The van der Waals surface area contributed by atoms with E-state index in [9.17, 15) is 4.79 Å².